The third-order valence-corrected chi connectivity index (χ3v) is 6.46. The van der Waals surface area contributed by atoms with E-state index in [4.69, 9.17) is 0 Å². The Bertz CT molecular complexity index is 1440. The van der Waals surface area contributed by atoms with E-state index in [2.05, 4.69) is 15.4 Å². The summed E-state index contributed by atoms with van der Waals surface area (Å²) in [5.74, 6) is 0.549. The highest BCUT2D eigenvalue weighted by Gasteiger charge is 2.18. The van der Waals surface area contributed by atoms with Crippen molar-refractivity contribution in [2.24, 2.45) is 0 Å². The molecule has 0 aliphatic carbocycles. The minimum absolute atomic E-state index is 0.0946. The van der Waals surface area contributed by atoms with E-state index in [1.807, 2.05) is 54.0 Å². The quantitative estimate of drug-likeness (QED) is 0.472. The molecule has 0 aliphatic heterocycles. The van der Waals surface area contributed by atoms with Gasteiger partial charge < -0.3 is 5.32 Å². The number of hydrogen-bond acceptors (Lipinski definition) is 6. The Kier molecular flexibility index (Phi) is 4.21. The van der Waals surface area contributed by atoms with Crippen LogP contribution in [0.3, 0.4) is 0 Å². The van der Waals surface area contributed by atoms with Crippen molar-refractivity contribution in [1.29, 1.82) is 0 Å². The molecule has 29 heavy (non-hydrogen) atoms. The number of aromatic nitrogens is 4. The average Bonchev–Trinajstić information content (AvgIpc) is 3.39. The van der Waals surface area contributed by atoms with Crippen LogP contribution in [-0.2, 0) is 11.3 Å². The Hall–Kier alpha value is -3.04. The summed E-state index contributed by atoms with van der Waals surface area (Å²) in [7, 11) is 0. The van der Waals surface area contributed by atoms with Gasteiger partial charge in [0, 0.05) is 17.0 Å². The first kappa shape index (κ1) is 18.0. The number of anilines is 1. The molecule has 0 unspecified atom stereocenters. The molecule has 0 bridgehead atoms. The van der Waals surface area contributed by atoms with E-state index < -0.39 is 0 Å². The topological polar surface area (TPSA) is 81.3 Å². The molecule has 0 aliphatic rings. The first-order chi connectivity index (χ1) is 14.0. The monoisotopic (exact) mass is 423 g/mol. The normalized spacial score (nSPS) is 11.8. The Morgan fingerprint density at radius 3 is 2.90 bits per heavy atom. The van der Waals surface area contributed by atoms with E-state index in [0.29, 0.717) is 11.2 Å². The van der Waals surface area contributed by atoms with E-state index in [1.54, 1.807) is 28.2 Å². The number of carbonyl (C=O) groups excluding carboxylic acids is 1. The third kappa shape index (κ3) is 3.02. The van der Waals surface area contributed by atoms with Crippen LogP contribution in [0.5, 0.6) is 0 Å². The molecule has 0 saturated heterocycles. The molecule has 4 heterocycles. The summed E-state index contributed by atoms with van der Waals surface area (Å²) in [6.45, 7) is 3.90. The first-order valence-corrected chi connectivity index (χ1v) is 10.9. The minimum Gasteiger partial charge on any atom is -0.324 e. The number of nitrogens with zero attached hydrogens (tertiary/aromatic N) is 4. The Morgan fingerprint density at radius 2 is 2.07 bits per heavy atom. The molecule has 4 aromatic heterocycles. The van der Waals surface area contributed by atoms with Crippen LogP contribution in [0.2, 0.25) is 0 Å². The maximum atomic E-state index is 13.0. The van der Waals surface area contributed by atoms with Crippen LogP contribution in [0.15, 0.2) is 46.0 Å². The van der Waals surface area contributed by atoms with Crippen LogP contribution in [0.25, 0.3) is 25.9 Å². The fourth-order valence-corrected chi connectivity index (χ4v) is 4.97. The second kappa shape index (κ2) is 6.78. The molecule has 0 fully saturated rings. The fourth-order valence-electron chi connectivity index (χ4n) is 3.41. The highest BCUT2D eigenvalue weighted by molar-refractivity contribution is 7.17. The molecule has 1 N–H and O–H groups in total. The molecule has 0 spiro atoms. The molecule has 0 saturated carbocycles. The number of carbonyl (C=O) groups is 1. The Morgan fingerprint density at radius 1 is 1.21 bits per heavy atom. The van der Waals surface area contributed by atoms with Crippen LogP contribution in [0.1, 0.15) is 25.6 Å². The lowest BCUT2D eigenvalue weighted by Crippen LogP contribution is -2.32. The molecular formula is C20H17N5O2S2. The molecule has 9 heteroatoms. The van der Waals surface area contributed by atoms with Crippen LogP contribution in [-0.4, -0.2) is 25.1 Å². The van der Waals surface area contributed by atoms with Gasteiger partial charge in [-0.15, -0.1) is 22.7 Å². The summed E-state index contributed by atoms with van der Waals surface area (Å²) in [6, 6.07) is 9.43. The fraction of sp³-hybridized carbons (Fsp3) is 0.200. The van der Waals surface area contributed by atoms with Gasteiger partial charge in [0.25, 0.3) is 5.56 Å². The summed E-state index contributed by atoms with van der Waals surface area (Å²) in [5, 5.41) is 10.4. The molecule has 1 amide bonds. The number of nitrogens with one attached hydrogen (secondary N) is 1. The van der Waals surface area contributed by atoms with E-state index in [1.165, 1.54) is 4.68 Å². The summed E-state index contributed by atoms with van der Waals surface area (Å²) >= 11 is 3.12. The van der Waals surface area contributed by atoms with Crippen molar-refractivity contribution < 1.29 is 4.79 Å². The van der Waals surface area contributed by atoms with Crippen LogP contribution >= 0.6 is 22.7 Å². The van der Waals surface area contributed by atoms with Crippen molar-refractivity contribution in [2.45, 2.75) is 26.3 Å². The molecule has 5 aromatic rings. The molecule has 7 nitrogen and oxygen atoms in total. The zero-order valence-corrected chi connectivity index (χ0v) is 17.4. The van der Waals surface area contributed by atoms with Gasteiger partial charge in [0.1, 0.15) is 22.7 Å². The van der Waals surface area contributed by atoms with E-state index >= 15 is 0 Å². The van der Waals surface area contributed by atoms with Crippen molar-refractivity contribution >= 4 is 60.2 Å². The van der Waals surface area contributed by atoms with Gasteiger partial charge >= 0.3 is 0 Å². The maximum Gasteiger partial charge on any atom is 0.291 e. The zero-order valence-electron chi connectivity index (χ0n) is 15.7. The summed E-state index contributed by atoms with van der Waals surface area (Å²) < 4.78 is 4.23. The highest BCUT2D eigenvalue weighted by atomic mass is 32.1. The number of rotatable bonds is 4. The Labute approximate surface area is 173 Å². The van der Waals surface area contributed by atoms with E-state index in [-0.39, 0.29) is 23.9 Å². The van der Waals surface area contributed by atoms with E-state index in [9.17, 15) is 9.59 Å². The molecule has 0 radical (unpaired) electrons. The molecule has 1 aromatic carbocycles. The van der Waals surface area contributed by atoms with Crippen molar-refractivity contribution in [3.63, 3.8) is 0 Å². The van der Waals surface area contributed by atoms with Crippen molar-refractivity contribution in [1.82, 2.24) is 19.2 Å². The predicted molar refractivity (Wildman–Crippen MR) is 117 cm³/mol. The predicted octanol–water partition coefficient (Wildman–Crippen LogP) is 4.08. The largest absolute Gasteiger partial charge is 0.324 e. The van der Waals surface area contributed by atoms with Crippen molar-refractivity contribution in [3.05, 3.63) is 57.4 Å². The summed E-state index contributed by atoms with van der Waals surface area (Å²) in [5.41, 5.74) is 3.52. The second-order valence-electron chi connectivity index (χ2n) is 7.10. The number of hydrogen-bond donors (Lipinski definition) is 1. The molecular weight excluding hydrogens is 406 g/mol. The molecule has 0 atom stereocenters. The van der Waals surface area contributed by atoms with Gasteiger partial charge in [0.05, 0.1) is 15.7 Å². The number of benzene rings is 1. The van der Waals surface area contributed by atoms with E-state index in [0.717, 1.165) is 26.3 Å². The van der Waals surface area contributed by atoms with Crippen molar-refractivity contribution in [3.8, 4) is 0 Å². The van der Waals surface area contributed by atoms with Gasteiger partial charge in [-0.2, -0.15) is 5.10 Å². The average molecular weight is 424 g/mol. The van der Waals surface area contributed by atoms with Gasteiger partial charge in [-0.25, -0.2) is 9.67 Å². The lowest BCUT2D eigenvalue weighted by Gasteiger charge is -2.13. The number of fused-ring (bicyclic) bond motifs is 4. The lowest BCUT2D eigenvalue weighted by molar-refractivity contribution is -0.117. The van der Waals surface area contributed by atoms with Crippen LogP contribution < -0.4 is 10.9 Å². The first-order valence-electron chi connectivity index (χ1n) is 9.14. The van der Waals surface area contributed by atoms with Gasteiger partial charge in [0.2, 0.25) is 5.91 Å². The SMILES string of the molecule is CC(C)c1nn(CC(=O)Nc2ccc3scnc3c2)c(=O)c2cc3ccsc3n12. The zero-order chi connectivity index (χ0) is 20.1. The van der Waals surface area contributed by atoms with Gasteiger partial charge in [-0.05, 0) is 35.7 Å². The Balaban J connectivity index is 1.51. The third-order valence-electron chi connectivity index (χ3n) is 4.74. The maximum absolute atomic E-state index is 13.0. The number of amides is 1. The van der Waals surface area contributed by atoms with Gasteiger partial charge in [-0.3, -0.25) is 14.0 Å². The standard InChI is InChI=1S/C20H17N5O2S2/c1-11(2)18-23-24(19(27)15-7-12-5-6-28-20(12)25(15)18)9-17(26)22-13-3-4-16-14(8-13)21-10-29-16/h3-8,10-11H,9H2,1-2H3,(H,22,26). The molecule has 5 rings (SSSR count). The van der Waals surface area contributed by atoms with Gasteiger partial charge in [-0.1, -0.05) is 13.8 Å². The molecule has 146 valence electrons. The van der Waals surface area contributed by atoms with Gasteiger partial charge in [0.15, 0.2) is 0 Å². The number of thiophene rings is 1. The minimum atomic E-state index is -0.304. The lowest BCUT2D eigenvalue weighted by atomic mass is 10.2. The number of thiazole rings is 1. The summed E-state index contributed by atoms with van der Waals surface area (Å²) in [6.07, 6.45) is 0. The smallest absolute Gasteiger partial charge is 0.291 e. The van der Waals surface area contributed by atoms with Crippen LogP contribution in [0.4, 0.5) is 5.69 Å². The van der Waals surface area contributed by atoms with Crippen molar-refractivity contribution in [2.75, 3.05) is 5.32 Å². The summed E-state index contributed by atoms with van der Waals surface area (Å²) in [4.78, 5) is 30.9. The highest BCUT2D eigenvalue weighted by Crippen LogP contribution is 2.27. The second-order valence-corrected chi connectivity index (χ2v) is 8.89. The van der Waals surface area contributed by atoms with Crippen LogP contribution in [0, 0.1) is 0 Å².